The molecule has 1 aromatic heterocycles. The number of aromatic nitrogens is 1. The van der Waals surface area contributed by atoms with E-state index < -0.39 is 0 Å². The molecule has 2 heterocycles. The van der Waals surface area contributed by atoms with Crippen molar-refractivity contribution in [1.29, 1.82) is 0 Å². The van der Waals surface area contributed by atoms with Crippen molar-refractivity contribution in [2.24, 2.45) is 0 Å². The van der Waals surface area contributed by atoms with E-state index in [9.17, 15) is 4.79 Å². The highest BCUT2D eigenvalue weighted by Crippen LogP contribution is 2.11. The van der Waals surface area contributed by atoms with Crippen LogP contribution in [-0.2, 0) is 17.8 Å². The lowest BCUT2D eigenvalue weighted by molar-refractivity contribution is -0.121. The zero-order chi connectivity index (χ0) is 12.8. The van der Waals surface area contributed by atoms with Gasteiger partial charge in [0.25, 0.3) is 0 Å². The van der Waals surface area contributed by atoms with E-state index >= 15 is 0 Å². The number of thiazole rings is 1. The van der Waals surface area contributed by atoms with E-state index in [2.05, 4.69) is 22.5 Å². The standard InChI is InChI=1S/C12H19N3OS2.2ClH/c1-2-12-15-10(8-18-12)6-14-11(16)5-9-7-17-4-3-13-9;;/h8-9,13H,2-7H2,1H3,(H,14,16);2*1H. The van der Waals surface area contributed by atoms with Crippen molar-refractivity contribution in [2.75, 3.05) is 18.1 Å². The first-order valence-corrected chi connectivity index (χ1v) is 8.32. The smallest absolute Gasteiger partial charge is 0.221 e. The quantitative estimate of drug-likeness (QED) is 0.848. The van der Waals surface area contributed by atoms with E-state index in [-0.39, 0.29) is 30.7 Å². The molecular formula is C12H21Cl2N3OS2. The molecule has 0 aromatic carbocycles. The zero-order valence-corrected chi connectivity index (χ0v) is 14.7. The van der Waals surface area contributed by atoms with Crippen LogP contribution in [0.5, 0.6) is 0 Å². The predicted octanol–water partition coefficient (Wildman–Crippen LogP) is 2.26. The predicted molar refractivity (Wildman–Crippen MR) is 91.6 cm³/mol. The second kappa shape index (κ2) is 10.7. The lowest BCUT2D eigenvalue weighted by Gasteiger charge is -2.22. The summed E-state index contributed by atoms with van der Waals surface area (Å²) in [6, 6.07) is 0.324. The Kier molecular flexibility index (Phi) is 10.7. The fourth-order valence-corrected chi connectivity index (χ4v) is 3.52. The lowest BCUT2D eigenvalue weighted by Crippen LogP contribution is -2.41. The maximum absolute atomic E-state index is 11.8. The molecule has 1 aliphatic heterocycles. The fraction of sp³-hybridized carbons (Fsp3) is 0.667. The molecule has 1 fully saturated rings. The van der Waals surface area contributed by atoms with Gasteiger partial charge >= 0.3 is 0 Å². The van der Waals surface area contributed by atoms with Gasteiger partial charge in [0.05, 0.1) is 17.2 Å². The minimum absolute atomic E-state index is 0. The van der Waals surface area contributed by atoms with Crippen LogP contribution in [0.4, 0.5) is 0 Å². The summed E-state index contributed by atoms with van der Waals surface area (Å²) in [5.74, 6) is 2.29. The third-order valence-corrected chi connectivity index (χ3v) is 4.97. The fourth-order valence-electron chi connectivity index (χ4n) is 1.83. The number of thioether (sulfide) groups is 1. The average molecular weight is 358 g/mol. The number of hydrogen-bond acceptors (Lipinski definition) is 5. The number of aryl methyl sites for hydroxylation is 1. The Labute approximate surface area is 140 Å². The topological polar surface area (TPSA) is 54.0 Å². The molecular weight excluding hydrogens is 337 g/mol. The number of amides is 1. The Morgan fingerprint density at radius 2 is 2.35 bits per heavy atom. The maximum Gasteiger partial charge on any atom is 0.221 e. The summed E-state index contributed by atoms with van der Waals surface area (Å²) in [5, 5.41) is 9.46. The Morgan fingerprint density at radius 3 is 2.95 bits per heavy atom. The van der Waals surface area contributed by atoms with Crippen LogP contribution in [0.1, 0.15) is 24.0 Å². The Hall–Kier alpha value is -0.0100. The molecule has 1 atom stereocenters. The molecule has 1 aromatic rings. The molecule has 1 aliphatic rings. The van der Waals surface area contributed by atoms with Gasteiger partial charge in [0.15, 0.2) is 0 Å². The molecule has 1 amide bonds. The summed E-state index contributed by atoms with van der Waals surface area (Å²) >= 11 is 3.57. The molecule has 0 bridgehead atoms. The SMILES string of the molecule is CCc1nc(CNC(=O)CC2CSCCN2)cs1.Cl.Cl. The minimum atomic E-state index is 0. The van der Waals surface area contributed by atoms with Crippen LogP contribution >= 0.6 is 47.9 Å². The van der Waals surface area contributed by atoms with Crippen LogP contribution < -0.4 is 10.6 Å². The molecule has 4 nitrogen and oxygen atoms in total. The van der Waals surface area contributed by atoms with Gasteiger partial charge in [-0.1, -0.05) is 6.92 Å². The first-order valence-electron chi connectivity index (χ1n) is 6.29. The highest BCUT2D eigenvalue weighted by molar-refractivity contribution is 7.99. The van der Waals surface area contributed by atoms with Gasteiger partial charge in [0.2, 0.25) is 5.91 Å². The summed E-state index contributed by atoms with van der Waals surface area (Å²) in [5.41, 5.74) is 0.969. The van der Waals surface area contributed by atoms with Crippen LogP contribution in [0.3, 0.4) is 0 Å². The first kappa shape index (κ1) is 20.0. The molecule has 20 heavy (non-hydrogen) atoms. The summed E-state index contributed by atoms with van der Waals surface area (Å²) < 4.78 is 0. The summed E-state index contributed by atoms with van der Waals surface area (Å²) in [6.45, 7) is 3.65. The molecule has 0 spiro atoms. The Morgan fingerprint density at radius 1 is 1.55 bits per heavy atom. The number of rotatable bonds is 5. The third kappa shape index (κ3) is 6.63. The van der Waals surface area contributed by atoms with Crippen molar-refractivity contribution in [3.8, 4) is 0 Å². The van der Waals surface area contributed by atoms with Crippen LogP contribution in [0, 0.1) is 0 Å². The Balaban J connectivity index is 0.00000180. The van der Waals surface area contributed by atoms with Gasteiger partial charge in [-0.3, -0.25) is 4.79 Å². The summed E-state index contributed by atoms with van der Waals surface area (Å²) in [6.07, 6.45) is 1.53. The van der Waals surface area contributed by atoms with Crippen molar-refractivity contribution in [3.05, 3.63) is 16.1 Å². The number of nitrogens with one attached hydrogen (secondary N) is 2. The first-order chi connectivity index (χ1) is 8.78. The monoisotopic (exact) mass is 357 g/mol. The number of carbonyl (C=O) groups excluding carboxylic acids is 1. The van der Waals surface area contributed by atoms with Crippen molar-refractivity contribution >= 4 is 53.8 Å². The number of hydrogen-bond donors (Lipinski definition) is 2. The van der Waals surface area contributed by atoms with E-state index in [1.165, 1.54) is 0 Å². The zero-order valence-electron chi connectivity index (χ0n) is 11.4. The van der Waals surface area contributed by atoms with Gasteiger partial charge in [-0.2, -0.15) is 11.8 Å². The second-order valence-electron chi connectivity index (χ2n) is 4.29. The van der Waals surface area contributed by atoms with E-state index in [1.54, 1.807) is 11.3 Å². The molecule has 0 saturated carbocycles. The maximum atomic E-state index is 11.8. The van der Waals surface area contributed by atoms with Crippen molar-refractivity contribution < 1.29 is 4.79 Å². The van der Waals surface area contributed by atoms with Crippen molar-refractivity contribution in [3.63, 3.8) is 0 Å². The highest BCUT2D eigenvalue weighted by Gasteiger charge is 2.16. The van der Waals surface area contributed by atoms with Crippen LogP contribution in [0.2, 0.25) is 0 Å². The molecule has 1 unspecified atom stereocenters. The largest absolute Gasteiger partial charge is 0.350 e. The van der Waals surface area contributed by atoms with E-state index in [0.717, 1.165) is 35.2 Å². The number of nitrogens with zero attached hydrogens (tertiary/aromatic N) is 1. The van der Waals surface area contributed by atoms with E-state index in [0.29, 0.717) is 19.0 Å². The van der Waals surface area contributed by atoms with Gasteiger partial charge < -0.3 is 10.6 Å². The molecule has 8 heteroatoms. The summed E-state index contributed by atoms with van der Waals surface area (Å²) in [4.78, 5) is 16.2. The normalized spacial score (nSPS) is 17.8. The van der Waals surface area contributed by atoms with Gasteiger partial charge in [0, 0.05) is 35.9 Å². The van der Waals surface area contributed by atoms with Crippen molar-refractivity contribution in [2.45, 2.75) is 32.4 Å². The Bertz CT molecular complexity index is 398. The van der Waals surface area contributed by atoms with E-state index in [4.69, 9.17) is 0 Å². The molecule has 2 rings (SSSR count). The van der Waals surface area contributed by atoms with E-state index in [1.807, 2.05) is 17.1 Å². The van der Waals surface area contributed by atoms with Gasteiger partial charge in [-0.15, -0.1) is 36.2 Å². The molecule has 0 radical (unpaired) electrons. The van der Waals surface area contributed by atoms with Crippen LogP contribution in [0.15, 0.2) is 5.38 Å². The third-order valence-electron chi connectivity index (χ3n) is 2.80. The van der Waals surface area contributed by atoms with Crippen LogP contribution in [0.25, 0.3) is 0 Å². The van der Waals surface area contributed by atoms with Crippen molar-refractivity contribution in [1.82, 2.24) is 15.6 Å². The molecule has 2 N–H and O–H groups in total. The van der Waals surface area contributed by atoms with Gasteiger partial charge in [-0.05, 0) is 6.42 Å². The number of carbonyl (C=O) groups is 1. The average Bonchev–Trinajstić information content (AvgIpc) is 2.85. The van der Waals surface area contributed by atoms with Gasteiger partial charge in [0.1, 0.15) is 0 Å². The molecule has 116 valence electrons. The molecule has 1 saturated heterocycles. The van der Waals surface area contributed by atoms with Gasteiger partial charge in [-0.25, -0.2) is 4.98 Å². The lowest BCUT2D eigenvalue weighted by atomic mass is 10.2. The number of halogens is 2. The highest BCUT2D eigenvalue weighted by atomic mass is 35.5. The second-order valence-corrected chi connectivity index (χ2v) is 6.39. The van der Waals surface area contributed by atoms with Crippen LogP contribution in [-0.4, -0.2) is 35.0 Å². The molecule has 0 aliphatic carbocycles. The minimum Gasteiger partial charge on any atom is -0.350 e. The summed E-state index contributed by atoms with van der Waals surface area (Å²) in [7, 11) is 0.